The van der Waals surface area contributed by atoms with Gasteiger partial charge in [0.2, 0.25) is 5.28 Å². The van der Waals surface area contributed by atoms with Gasteiger partial charge in [0.05, 0.1) is 23.0 Å². The lowest BCUT2D eigenvalue weighted by molar-refractivity contribution is 0.405. The van der Waals surface area contributed by atoms with E-state index in [0.29, 0.717) is 22.7 Å². The molecule has 1 aliphatic carbocycles. The molecule has 7 heteroatoms. The Morgan fingerprint density at radius 3 is 3.10 bits per heavy atom. The fourth-order valence-corrected chi connectivity index (χ4v) is 2.43. The summed E-state index contributed by atoms with van der Waals surface area (Å²) in [6, 6.07) is 3.31. The average Bonchev–Trinajstić information content (AvgIpc) is 3.25. The van der Waals surface area contributed by atoms with Gasteiger partial charge in [0.25, 0.3) is 0 Å². The van der Waals surface area contributed by atoms with Crippen molar-refractivity contribution in [2.75, 3.05) is 7.04 Å². The van der Waals surface area contributed by atoms with Gasteiger partial charge in [-0.1, -0.05) is 0 Å². The normalized spacial score (nSPS) is 17.3. The van der Waals surface area contributed by atoms with E-state index in [0.717, 1.165) is 12.8 Å². The van der Waals surface area contributed by atoms with Crippen LogP contribution in [0.1, 0.15) is 28.6 Å². The largest absolute Gasteiger partial charge is 0.495 e. The second-order valence-electron chi connectivity index (χ2n) is 4.89. The van der Waals surface area contributed by atoms with Gasteiger partial charge in [-0.15, -0.1) is 0 Å². The molecule has 0 saturated heterocycles. The molecule has 3 heterocycles. The van der Waals surface area contributed by atoms with Crippen LogP contribution in [0.15, 0.2) is 24.5 Å². The van der Waals surface area contributed by atoms with Gasteiger partial charge in [0, 0.05) is 18.2 Å². The van der Waals surface area contributed by atoms with Crippen molar-refractivity contribution in [3.8, 4) is 17.1 Å². The highest BCUT2D eigenvalue weighted by Crippen LogP contribution is 2.43. The summed E-state index contributed by atoms with van der Waals surface area (Å²) in [5.74, 6) is 0.457. The van der Waals surface area contributed by atoms with E-state index in [1.54, 1.807) is 29.0 Å². The van der Waals surface area contributed by atoms with Gasteiger partial charge < -0.3 is 4.74 Å². The summed E-state index contributed by atoms with van der Waals surface area (Å²) in [7, 11) is -2.53. The molecule has 0 spiro atoms. The highest BCUT2D eigenvalue weighted by atomic mass is 35.5. The van der Waals surface area contributed by atoms with E-state index in [1.165, 1.54) is 0 Å². The minimum Gasteiger partial charge on any atom is -0.495 e. The van der Waals surface area contributed by atoms with Crippen molar-refractivity contribution in [3.63, 3.8) is 0 Å². The van der Waals surface area contributed by atoms with E-state index in [-0.39, 0.29) is 17.0 Å². The van der Waals surface area contributed by atoms with Gasteiger partial charge in [-0.05, 0) is 30.5 Å². The number of aromatic nitrogens is 5. The SMILES string of the molecule is [2H]C([2H])([2H])Oc1cc2ncc(-c3ccnc(Cl)n3)n2nc1C1CC1. The Labute approximate surface area is 130 Å². The molecule has 4 rings (SSSR count). The molecular weight excluding hydrogens is 290 g/mol. The second kappa shape index (κ2) is 4.66. The topological polar surface area (TPSA) is 65.2 Å². The van der Waals surface area contributed by atoms with E-state index in [4.69, 9.17) is 20.5 Å². The highest BCUT2D eigenvalue weighted by Gasteiger charge is 2.29. The molecule has 0 aliphatic heterocycles. The maximum atomic E-state index is 7.32. The number of hydrogen-bond donors (Lipinski definition) is 0. The third kappa shape index (κ3) is 2.12. The summed E-state index contributed by atoms with van der Waals surface area (Å²) >= 11 is 5.85. The third-order valence-corrected chi connectivity index (χ3v) is 3.63. The maximum absolute atomic E-state index is 7.32. The number of ether oxygens (including phenoxy) is 1. The average molecular weight is 305 g/mol. The zero-order valence-electron chi connectivity index (χ0n) is 13.8. The fraction of sp³-hybridized carbons (Fsp3) is 0.286. The molecule has 21 heavy (non-hydrogen) atoms. The smallest absolute Gasteiger partial charge is 0.222 e. The Bertz CT molecular complexity index is 922. The van der Waals surface area contributed by atoms with Crippen molar-refractivity contribution in [3.05, 3.63) is 35.5 Å². The minimum absolute atomic E-state index is 0.132. The van der Waals surface area contributed by atoms with Gasteiger partial charge in [0.1, 0.15) is 17.1 Å². The Morgan fingerprint density at radius 2 is 2.33 bits per heavy atom. The number of imidazole rings is 1. The van der Waals surface area contributed by atoms with E-state index in [9.17, 15) is 0 Å². The lowest BCUT2D eigenvalue weighted by Crippen LogP contribution is -2.02. The van der Waals surface area contributed by atoms with Crippen LogP contribution in [0.2, 0.25) is 5.28 Å². The summed E-state index contributed by atoms with van der Waals surface area (Å²) in [5.41, 5.74) is 2.33. The molecule has 106 valence electrons. The molecule has 1 aliphatic rings. The van der Waals surface area contributed by atoms with E-state index < -0.39 is 7.04 Å². The van der Waals surface area contributed by atoms with Gasteiger partial charge in [-0.2, -0.15) is 5.10 Å². The fourth-order valence-electron chi connectivity index (χ4n) is 2.29. The van der Waals surface area contributed by atoms with E-state index in [1.807, 2.05) is 0 Å². The van der Waals surface area contributed by atoms with Crippen LogP contribution in [0.25, 0.3) is 17.0 Å². The molecule has 0 N–H and O–H groups in total. The predicted octanol–water partition coefficient (Wildman–Crippen LogP) is 2.73. The number of rotatable bonds is 3. The summed E-state index contributed by atoms with van der Waals surface area (Å²) in [6.07, 6.45) is 5.08. The Morgan fingerprint density at radius 1 is 1.43 bits per heavy atom. The Hall–Kier alpha value is -2.21. The zero-order chi connectivity index (χ0) is 16.9. The number of nitrogens with zero attached hydrogens (tertiary/aromatic N) is 5. The molecule has 1 fully saturated rings. The first-order chi connectivity index (χ1) is 11.4. The summed E-state index contributed by atoms with van der Waals surface area (Å²) in [6.45, 7) is 0. The van der Waals surface area contributed by atoms with Gasteiger partial charge in [0.15, 0.2) is 5.65 Å². The molecule has 0 atom stereocenters. The number of fused-ring (bicyclic) bond motifs is 1. The Balaban J connectivity index is 1.86. The molecule has 0 unspecified atom stereocenters. The van der Waals surface area contributed by atoms with Gasteiger partial charge >= 0.3 is 0 Å². The number of methoxy groups -OCH3 is 1. The molecule has 0 amide bonds. The van der Waals surface area contributed by atoms with Crippen molar-refractivity contribution in [1.29, 1.82) is 0 Å². The summed E-state index contributed by atoms with van der Waals surface area (Å²) in [5, 5.41) is 4.69. The summed E-state index contributed by atoms with van der Waals surface area (Å²) < 4.78 is 28.7. The van der Waals surface area contributed by atoms with Crippen LogP contribution in [-0.4, -0.2) is 31.6 Å². The third-order valence-electron chi connectivity index (χ3n) is 3.45. The van der Waals surface area contributed by atoms with Crippen LogP contribution in [0.5, 0.6) is 5.75 Å². The van der Waals surface area contributed by atoms with Crippen molar-refractivity contribution in [2.24, 2.45) is 0 Å². The number of hydrogen-bond acceptors (Lipinski definition) is 5. The quantitative estimate of drug-likeness (QED) is 0.696. The molecule has 6 nitrogen and oxygen atoms in total. The van der Waals surface area contributed by atoms with E-state index in [2.05, 4.69) is 20.1 Å². The van der Waals surface area contributed by atoms with Gasteiger partial charge in [-0.25, -0.2) is 19.5 Å². The molecule has 3 aromatic heterocycles. The first-order valence-corrected chi connectivity index (χ1v) is 6.85. The monoisotopic (exact) mass is 304 g/mol. The maximum Gasteiger partial charge on any atom is 0.222 e. The van der Waals surface area contributed by atoms with Crippen LogP contribution >= 0.6 is 11.6 Å². The molecular formula is C14H12ClN5O. The lowest BCUT2D eigenvalue weighted by Gasteiger charge is -2.08. The summed E-state index contributed by atoms with van der Waals surface area (Å²) in [4.78, 5) is 12.3. The molecule has 0 radical (unpaired) electrons. The minimum atomic E-state index is -2.53. The van der Waals surface area contributed by atoms with Crippen molar-refractivity contribution < 1.29 is 8.85 Å². The van der Waals surface area contributed by atoms with Crippen molar-refractivity contribution in [1.82, 2.24) is 24.6 Å². The van der Waals surface area contributed by atoms with Crippen LogP contribution in [0, 0.1) is 0 Å². The molecule has 3 aromatic rings. The molecule has 1 saturated carbocycles. The molecule has 0 bridgehead atoms. The standard InChI is InChI=1S/C14H12ClN5O/c1-21-11-6-12-17-7-10(9-4-5-16-14(15)18-9)20(12)19-13(11)8-2-3-8/h4-8H,2-3H2,1H3/i1D3. The molecule has 0 aromatic carbocycles. The van der Waals surface area contributed by atoms with E-state index >= 15 is 0 Å². The van der Waals surface area contributed by atoms with Crippen LogP contribution in [0.4, 0.5) is 0 Å². The predicted molar refractivity (Wildman–Crippen MR) is 77.6 cm³/mol. The van der Waals surface area contributed by atoms with Crippen LogP contribution < -0.4 is 4.74 Å². The van der Waals surface area contributed by atoms with Crippen LogP contribution in [0.3, 0.4) is 0 Å². The van der Waals surface area contributed by atoms with Crippen LogP contribution in [-0.2, 0) is 0 Å². The second-order valence-corrected chi connectivity index (χ2v) is 5.23. The first-order valence-electron chi connectivity index (χ1n) is 7.97. The lowest BCUT2D eigenvalue weighted by atomic mass is 10.2. The first kappa shape index (κ1) is 9.68. The van der Waals surface area contributed by atoms with Crippen molar-refractivity contribution in [2.45, 2.75) is 18.8 Å². The van der Waals surface area contributed by atoms with Crippen molar-refractivity contribution >= 4 is 17.2 Å². The highest BCUT2D eigenvalue weighted by molar-refractivity contribution is 6.28. The Kier molecular flexibility index (Phi) is 2.15. The van der Waals surface area contributed by atoms with Gasteiger partial charge in [-0.3, -0.25) is 0 Å². The zero-order valence-corrected chi connectivity index (χ0v) is 11.6. The number of halogens is 1.